The lowest BCUT2D eigenvalue weighted by molar-refractivity contribution is -0.137. The molecule has 0 aliphatic rings. The van der Waals surface area contributed by atoms with Crippen molar-refractivity contribution in [3.63, 3.8) is 0 Å². The van der Waals surface area contributed by atoms with Gasteiger partial charge in [0, 0.05) is 23.5 Å². The lowest BCUT2D eigenvalue weighted by Gasteiger charge is -2.10. The van der Waals surface area contributed by atoms with Crippen molar-refractivity contribution in [1.29, 1.82) is 0 Å². The maximum atomic E-state index is 12.9. The van der Waals surface area contributed by atoms with Crippen LogP contribution in [0.5, 0.6) is 11.5 Å². The second-order valence-corrected chi connectivity index (χ2v) is 5.62. The van der Waals surface area contributed by atoms with E-state index in [-0.39, 0.29) is 6.61 Å². The molecule has 26 heavy (non-hydrogen) atoms. The average Bonchev–Trinajstić information content (AvgIpc) is 2.66. The van der Waals surface area contributed by atoms with E-state index in [1.54, 1.807) is 49.7 Å². The van der Waals surface area contributed by atoms with Gasteiger partial charge in [-0.15, -0.1) is 0 Å². The largest absolute Gasteiger partial charge is 0.497 e. The van der Waals surface area contributed by atoms with E-state index >= 15 is 0 Å². The third-order valence-corrected chi connectivity index (χ3v) is 3.78. The van der Waals surface area contributed by atoms with E-state index in [1.807, 2.05) is 0 Å². The fraction of sp³-hybridized carbons (Fsp3) is 0.150. The smallest absolute Gasteiger partial charge is 0.416 e. The Morgan fingerprint density at radius 1 is 0.885 bits per heavy atom. The second-order valence-electron chi connectivity index (χ2n) is 5.62. The summed E-state index contributed by atoms with van der Waals surface area (Å²) in [6.07, 6.45) is -1.22. The van der Waals surface area contributed by atoms with Crippen LogP contribution in [0.4, 0.5) is 13.2 Å². The SMILES string of the molecule is COc1ccc(OCc2cncc(-c3cccc(C(F)(F)F)c3)c2)cc1. The fourth-order valence-corrected chi connectivity index (χ4v) is 2.44. The highest BCUT2D eigenvalue weighted by Crippen LogP contribution is 2.32. The van der Waals surface area contributed by atoms with Gasteiger partial charge in [-0.2, -0.15) is 13.2 Å². The molecule has 2 aromatic carbocycles. The summed E-state index contributed by atoms with van der Waals surface area (Å²) in [7, 11) is 1.58. The third kappa shape index (κ3) is 4.33. The Labute approximate surface area is 149 Å². The molecule has 0 fully saturated rings. The Morgan fingerprint density at radius 3 is 2.31 bits per heavy atom. The van der Waals surface area contributed by atoms with Gasteiger partial charge in [0.25, 0.3) is 0 Å². The highest BCUT2D eigenvalue weighted by molar-refractivity contribution is 5.64. The minimum absolute atomic E-state index is 0.256. The van der Waals surface area contributed by atoms with Crippen LogP contribution in [0.2, 0.25) is 0 Å². The summed E-state index contributed by atoms with van der Waals surface area (Å²) in [5.74, 6) is 1.39. The van der Waals surface area contributed by atoms with Gasteiger partial charge in [-0.25, -0.2) is 0 Å². The number of ether oxygens (including phenoxy) is 2. The maximum absolute atomic E-state index is 12.9. The van der Waals surface area contributed by atoms with E-state index in [0.717, 1.165) is 23.4 Å². The van der Waals surface area contributed by atoms with Crippen LogP contribution in [0.25, 0.3) is 11.1 Å². The van der Waals surface area contributed by atoms with Gasteiger partial charge in [0.05, 0.1) is 12.7 Å². The minimum atomic E-state index is -4.38. The number of halogens is 3. The van der Waals surface area contributed by atoms with Crippen molar-refractivity contribution in [2.24, 2.45) is 0 Å². The summed E-state index contributed by atoms with van der Waals surface area (Å²) < 4.78 is 49.4. The molecule has 3 rings (SSSR count). The molecular formula is C20H16F3NO2. The zero-order chi connectivity index (χ0) is 18.6. The topological polar surface area (TPSA) is 31.4 Å². The van der Waals surface area contributed by atoms with E-state index in [4.69, 9.17) is 9.47 Å². The van der Waals surface area contributed by atoms with Crippen molar-refractivity contribution in [3.05, 3.63) is 78.1 Å². The maximum Gasteiger partial charge on any atom is 0.416 e. The first-order valence-corrected chi connectivity index (χ1v) is 7.84. The summed E-state index contributed by atoms with van der Waals surface area (Å²) in [4.78, 5) is 4.11. The van der Waals surface area contributed by atoms with E-state index in [2.05, 4.69) is 4.98 Å². The zero-order valence-electron chi connectivity index (χ0n) is 14.0. The van der Waals surface area contributed by atoms with Crippen molar-refractivity contribution >= 4 is 0 Å². The Kier molecular flexibility index (Phi) is 5.11. The number of benzene rings is 2. The first-order chi connectivity index (χ1) is 12.5. The fourth-order valence-electron chi connectivity index (χ4n) is 2.44. The number of aromatic nitrogens is 1. The predicted molar refractivity (Wildman–Crippen MR) is 92.0 cm³/mol. The van der Waals surface area contributed by atoms with Gasteiger partial charge >= 0.3 is 6.18 Å². The van der Waals surface area contributed by atoms with Crippen molar-refractivity contribution in [2.75, 3.05) is 7.11 Å². The molecule has 0 amide bonds. The van der Waals surface area contributed by atoms with E-state index in [1.165, 1.54) is 12.3 Å². The predicted octanol–water partition coefficient (Wildman–Crippen LogP) is 5.36. The summed E-state index contributed by atoms with van der Waals surface area (Å²) in [5.41, 5.74) is 1.14. The van der Waals surface area contributed by atoms with Gasteiger partial charge in [0.2, 0.25) is 0 Å². The molecule has 0 atom stereocenters. The minimum Gasteiger partial charge on any atom is -0.497 e. The molecule has 0 bridgehead atoms. The molecule has 0 aliphatic carbocycles. The number of hydrogen-bond donors (Lipinski definition) is 0. The number of methoxy groups -OCH3 is 1. The Hall–Kier alpha value is -3.02. The normalized spacial score (nSPS) is 11.2. The molecule has 3 nitrogen and oxygen atoms in total. The summed E-state index contributed by atoms with van der Waals surface area (Å²) in [6.45, 7) is 0.256. The van der Waals surface area contributed by atoms with Crippen LogP contribution in [-0.4, -0.2) is 12.1 Å². The number of alkyl halides is 3. The monoisotopic (exact) mass is 359 g/mol. The standard InChI is InChI=1S/C20H16F3NO2/c1-25-18-5-7-19(8-6-18)26-13-14-9-16(12-24-11-14)15-3-2-4-17(10-15)20(21,22)23/h2-12H,13H2,1H3. The number of pyridine rings is 1. The number of rotatable bonds is 5. The average molecular weight is 359 g/mol. The van der Waals surface area contributed by atoms with Crippen LogP contribution in [0.15, 0.2) is 67.0 Å². The molecule has 0 saturated heterocycles. The molecule has 134 valence electrons. The molecule has 0 unspecified atom stereocenters. The van der Waals surface area contributed by atoms with E-state index in [0.29, 0.717) is 16.9 Å². The molecule has 3 aromatic rings. The van der Waals surface area contributed by atoms with Gasteiger partial charge < -0.3 is 9.47 Å². The van der Waals surface area contributed by atoms with Crippen LogP contribution in [0.1, 0.15) is 11.1 Å². The molecule has 0 N–H and O–H groups in total. The lowest BCUT2D eigenvalue weighted by Crippen LogP contribution is -2.04. The molecule has 1 aromatic heterocycles. The summed E-state index contributed by atoms with van der Waals surface area (Å²) in [5, 5.41) is 0. The van der Waals surface area contributed by atoms with Crippen LogP contribution in [0.3, 0.4) is 0 Å². The Balaban J connectivity index is 1.75. The zero-order valence-corrected chi connectivity index (χ0v) is 14.0. The molecule has 1 heterocycles. The summed E-state index contributed by atoms with van der Waals surface area (Å²) in [6, 6.07) is 14.1. The van der Waals surface area contributed by atoms with Crippen LogP contribution in [-0.2, 0) is 12.8 Å². The van der Waals surface area contributed by atoms with Crippen LogP contribution >= 0.6 is 0 Å². The quantitative estimate of drug-likeness (QED) is 0.615. The van der Waals surface area contributed by atoms with Crippen molar-refractivity contribution in [1.82, 2.24) is 4.98 Å². The molecule has 6 heteroatoms. The van der Waals surface area contributed by atoms with Gasteiger partial charge in [0.1, 0.15) is 18.1 Å². The highest BCUT2D eigenvalue weighted by Gasteiger charge is 2.30. The number of nitrogens with zero attached hydrogens (tertiary/aromatic N) is 1. The van der Waals surface area contributed by atoms with Crippen molar-refractivity contribution in [2.45, 2.75) is 12.8 Å². The third-order valence-electron chi connectivity index (χ3n) is 3.78. The van der Waals surface area contributed by atoms with Gasteiger partial charge in [-0.05, 0) is 48.0 Å². The molecule has 0 radical (unpaired) electrons. The highest BCUT2D eigenvalue weighted by atomic mass is 19.4. The first-order valence-electron chi connectivity index (χ1n) is 7.84. The van der Waals surface area contributed by atoms with Crippen LogP contribution < -0.4 is 9.47 Å². The molecular weight excluding hydrogens is 343 g/mol. The molecule has 0 aliphatic heterocycles. The Bertz CT molecular complexity index is 877. The lowest BCUT2D eigenvalue weighted by atomic mass is 10.0. The first kappa shape index (κ1) is 17.8. The van der Waals surface area contributed by atoms with E-state index in [9.17, 15) is 13.2 Å². The van der Waals surface area contributed by atoms with Crippen LogP contribution in [0, 0.1) is 0 Å². The molecule has 0 saturated carbocycles. The molecule has 0 spiro atoms. The van der Waals surface area contributed by atoms with Gasteiger partial charge in [0.15, 0.2) is 0 Å². The van der Waals surface area contributed by atoms with Crippen molar-refractivity contribution in [3.8, 4) is 22.6 Å². The van der Waals surface area contributed by atoms with Gasteiger partial charge in [-0.3, -0.25) is 4.98 Å². The Morgan fingerprint density at radius 2 is 1.62 bits per heavy atom. The van der Waals surface area contributed by atoms with Crippen molar-refractivity contribution < 1.29 is 22.6 Å². The second kappa shape index (κ2) is 7.47. The summed E-state index contributed by atoms with van der Waals surface area (Å²) >= 11 is 0. The van der Waals surface area contributed by atoms with E-state index < -0.39 is 11.7 Å². The number of hydrogen-bond acceptors (Lipinski definition) is 3. The van der Waals surface area contributed by atoms with Gasteiger partial charge in [-0.1, -0.05) is 12.1 Å².